The van der Waals surface area contributed by atoms with E-state index in [-0.39, 0.29) is 12.0 Å². The second kappa shape index (κ2) is 3.55. The van der Waals surface area contributed by atoms with Gasteiger partial charge in [-0.3, -0.25) is 4.79 Å². The Morgan fingerprint density at radius 3 is 2.79 bits per heavy atom. The fourth-order valence-electron chi connectivity index (χ4n) is 1.31. The van der Waals surface area contributed by atoms with Crippen molar-refractivity contribution in [1.29, 1.82) is 0 Å². The lowest BCUT2D eigenvalue weighted by Gasteiger charge is -2.35. The molecule has 74 valence electrons. The Kier molecular flexibility index (Phi) is 2.39. The molecule has 0 bridgehead atoms. The van der Waals surface area contributed by atoms with Crippen LogP contribution in [0, 0.1) is 0 Å². The zero-order chi connectivity index (χ0) is 10.1. The fraction of sp³-hybridized carbons (Fsp3) is 0.333. The third kappa shape index (κ3) is 1.71. The van der Waals surface area contributed by atoms with Gasteiger partial charge in [0, 0.05) is 19.3 Å². The zero-order valence-corrected chi connectivity index (χ0v) is 8.11. The minimum atomic E-state index is -0.376. The molecule has 1 aliphatic heterocycles. The average molecular weight is 213 g/mol. The van der Waals surface area contributed by atoms with Crippen LogP contribution in [0.15, 0.2) is 18.3 Å². The van der Waals surface area contributed by atoms with Crippen LogP contribution in [0.25, 0.3) is 0 Å². The molecule has 5 heteroatoms. The van der Waals surface area contributed by atoms with Gasteiger partial charge in [-0.2, -0.15) is 0 Å². The smallest absolute Gasteiger partial charge is 0.255 e. The molecular weight excluding hydrogens is 204 g/mol. The van der Waals surface area contributed by atoms with Gasteiger partial charge in [-0.1, -0.05) is 11.6 Å². The highest BCUT2D eigenvalue weighted by molar-refractivity contribution is 6.29. The van der Waals surface area contributed by atoms with E-state index in [0.717, 1.165) is 0 Å². The Hall–Kier alpha value is -1.13. The van der Waals surface area contributed by atoms with Crippen LogP contribution in [0.1, 0.15) is 10.4 Å². The Bertz CT molecular complexity index is 346. The van der Waals surface area contributed by atoms with E-state index in [0.29, 0.717) is 23.8 Å². The number of carbonyl (C=O) groups is 1. The molecule has 0 aromatic carbocycles. The molecule has 1 aromatic rings. The fourth-order valence-corrected chi connectivity index (χ4v) is 1.42. The van der Waals surface area contributed by atoms with E-state index in [4.69, 9.17) is 16.7 Å². The van der Waals surface area contributed by atoms with Crippen molar-refractivity contribution in [3.05, 3.63) is 29.0 Å². The van der Waals surface area contributed by atoms with E-state index in [1.807, 2.05) is 0 Å². The maximum absolute atomic E-state index is 11.6. The lowest BCUT2D eigenvalue weighted by Crippen LogP contribution is -2.53. The van der Waals surface area contributed by atoms with Crippen LogP contribution in [0.4, 0.5) is 0 Å². The minimum absolute atomic E-state index is 0.112. The number of halogens is 1. The van der Waals surface area contributed by atoms with Gasteiger partial charge in [0.15, 0.2) is 0 Å². The van der Waals surface area contributed by atoms with Crippen LogP contribution >= 0.6 is 11.6 Å². The monoisotopic (exact) mass is 212 g/mol. The molecule has 1 N–H and O–H groups in total. The van der Waals surface area contributed by atoms with E-state index in [2.05, 4.69) is 4.98 Å². The molecule has 14 heavy (non-hydrogen) atoms. The predicted molar refractivity (Wildman–Crippen MR) is 51.2 cm³/mol. The molecule has 1 amide bonds. The summed E-state index contributed by atoms with van der Waals surface area (Å²) in [5.74, 6) is -0.112. The molecule has 0 atom stereocenters. The van der Waals surface area contributed by atoms with Gasteiger partial charge in [0.25, 0.3) is 5.91 Å². The minimum Gasteiger partial charge on any atom is -0.389 e. The highest BCUT2D eigenvalue weighted by atomic mass is 35.5. The largest absolute Gasteiger partial charge is 0.389 e. The van der Waals surface area contributed by atoms with Crippen LogP contribution in [0.3, 0.4) is 0 Å². The van der Waals surface area contributed by atoms with Gasteiger partial charge >= 0.3 is 0 Å². The number of β-amino-alcohol motifs (C(OH)–C–C–N with tert-alkyl or cyclic N) is 1. The normalized spacial score (nSPS) is 16.6. The SMILES string of the molecule is O=C(c1ccc(Cl)nc1)N1CC(O)C1. The molecule has 1 aliphatic rings. The van der Waals surface area contributed by atoms with Crippen molar-refractivity contribution in [1.82, 2.24) is 9.88 Å². The highest BCUT2D eigenvalue weighted by Crippen LogP contribution is 2.13. The van der Waals surface area contributed by atoms with E-state index < -0.39 is 0 Å². The number of amides is 1. The number of hydrogen-bond donors (Lipinski definition) is 1. The van der Waals surface area contributed by atoms with Gasteiger partial charge in [0.2, 0.25) is 0 Å². The predicted octanol–water partition coefficient (Wildman–Crippen LogP) is 0.552. The van der Waals surface area contributed by atoms with Crippen molar-refractivity contribution in [2.45, 2.75) is 6.10 Å². The third-order valence-electron chi connectivity index (χ3n) is 2.12. The van der Waals surface area contributed by atoms with E-state index >= 15 is 0 Å². The first-order valence-electron chi connectivity index (χ1n) is 4.26. The maximum Gasteiger partial charge on any atom is 0.255 e. The summed E-state index contributed by atoms with van der Waals surface area (Å²) >= 11 is 5.59. The van der Waals surface area contributed by atoms with Gasteiger partial charge < -0.3 is 10.0 Å². The van der Waals surface area contributed by atoms with Gasteiger partial charge in [-0.05, 0) is 12.1 Å². The molecule has 2 rings (SSSR count). The van der Waals surface area contributed by atoms with Crippen LogP contribution < -0.4 is 0 Å². The third-order valence-corrected chi connectivity index (χ3v) is 2.35. The summed E-state index contributed by atoms with van der Waals surface area (Å²) in [6.07, 6.45) is 1.06. The molecule has 1 fully saturated rings. The van der Waals surface area contributed by atoms with Crippen molar-refractivity contribution in [3.8, 4) is 0 Å². The van der Waals surface area contributed by atoms with Gasteiger partial charge in [-0.25, -0.2) is 4.98 Å². The van der Waals surface area contributed by atoms with Gasteiger partial charge in [0.05, 0.1) is 11.7 Å². The van der Waals surface area contributed by atoms with Crippen molar-refractivity contribution >= 4 is 17.5 Å². The number of aromatic nitrogens is 1. The molecule has 0 radical (unpaired) electrons. The van der Waals surface area contributed by atoms with Crippen molar-refractivity contribution in [2.75, 3.05) is 13.1 Å². The second-order valence-electron chi connectivity index (χ2n) is 3.23. The first kappa shape index (κ1) is 9.43. The van der Waals surface area contributed by atoms with Crippen LogP contribution in [-0.2, 0) is 0 Å². The highest BCUT2D eigenvalue weighted by Gasteiger charge is 2.29. The zero-order valence-electron chi connectivity index (χ0n) is 7.35. The molecular formula is C9H9ClN2O2. The van der Waals surface area contributed by atoms with Crippen LogP contribution in [0.5, 0.6) is 0 Å². The summed E-state index contributed by atoms with van der Waals surface area (Å²) < 4.78 is 0. The van der Waals surface area contributed by atoms with Crippen LogP contribution in [-0.4, -0.2) is 40.1 Å². The lowest BCUT2D eigenvalue weighted by molar-refractivity contribution is 0.00587. The van der Waals surface area contributed by atoms with E-state index in [1.165, 1.54) is 6.20 Å². The Morgan fingerprint density at radius 1 is 1.57 bits per heavy atom. The van der Waals surface area contributed by atoms with E-state index in [9.17, 15) is 4.79 Å². The molecule has 0 aliphatic carbocycles. The number of likely N-dealkylation sites (tertiary alicyclic amines) is 1. The molecule has 2 heterocycles. The number of hydrogen-bond acceptors (Lipinski definition) is 3. The Labute approximate surface area is 86.1 Å². The standard InChI is InChI=1S/C9H9ClN2O2/c10-8-2-1-6(3-11-8)9(14)12-4-7(13)5-12/h1-3,7,13H,4-5H2. The van der Waals surface area contributed by atoms with Crippen LogP contribution in [0.2, 0.25) is 5.15 Å². The Balaban J connectivity index is 2.08. The number of pyridine rings is 1. The summed E-state index contributed by atoms with van der Waals surface area (Å²) in [6, 6.07) is 3.20. The second-order valence-corrected chi connectivity index (χ2v) is 3.62. The summed E-state index contributed by atoms with van der Waals surface area (Å²) in [5, 5.41) is 9.39. The number of carbonyl (C=O) groups excluding carboxylic acids is 1. The van der Waals surface area contributed by atoms with Crippen molar-refractivity contribution < 1.29 is 9.90 Å². The van der Waals surface area contributed by atoms with Crippen molar-refractivity contribution in [2.24, 2.45) is 0 Å². The lowest BCUT2D eigenvalue weighted by atomic mass is 10.1. The first-order chi connectivity index (χ1) is 6.66. The van der Waals surface area contributed by atoms with Gasteiger partial charge in [-0.15, -0.1) is 0 Å². The summed E-state index contributed by atoms with van der Waals surface area (Å²) in [6.45, 7) is 0.808. The summed E-state index contributed by atoms with van der Waals surface area (Å²) in [5.41, 5.74) is 0.501. The summed E-state index contributed by atoms with van der Waals surface area (Å²) in [7, 11) is 0. The Morgan fingerprint density at radius 2 is 2.29 bits per heavy atom. The topological polar surface area (TPSA) is 53.4 Å². The molecule has 0 saturated carbocycles. The number of rotatable bonds is 1. The average Bonchev–Trinajstić information content (AvgIpc) is 2.13. The molecule has 1 aromatic heterocycles. The molecule has 0 spiro atoms. The molecule has 0 unspecified atom stereocenters. The van der Waals surface area contributed by atoms with Crippen molar-refractivity contribution in [3.63, 3.8) is 0 Å². The maximum atomic E-state index is 11.6. The quantitative estimate of drug-likeness (QED) is 0.692. The number of aliphatic hydroxyl groups is 1. The molecule has 4 nitrogen and oxygen atoms in total. The first-order valence-corrected chi connectivity index (χ1v) is 4.63. The summed E-state index contributed by atoms with van der Waals surface area (Å²) in [4.78, 5) is 17.0. The number of aliphatic hydroxyl groups excluding tert-OH is 1. The molecule has 1 saturated heterocycles. The van der Waals surface area contributed by atoms with E-state index in [1.54, 1.807) is 17.0 Å². The number of nitrogens with zero attached hydrogens (tertiary/aromatic N) is 2. The van der Waals surface area contributed by atoms with Gasteiger partial charge in [0.1, 0.15) is 5.15 Å².